The SMILES string of the molecule is CCCCCCOC(=O)c1ccc(CN2CCCN3CCCCCC32)cc1. The quantitative estimate of drug-likeness (QED) is 0.483. The van der Waals surface area contributed by atoms with Gasteiger partial charge in [-0.05, 0) is 49.9 Å². The molecule has 2 aliphatic heterocycles. The predicted octanol–water partition coefficient (Wildman–Crippen LogP) is 4.83. The van der Waals surface area contributed by atoms with E-state index in [2.05, 4.69) is 28.9 Å². The lowest BCUT2D eigenvalue weighted by atomic mass is 10.1. The number of carbonyl (C=O) groups is 1. The van der Waals surface area contributed by atoms with Crippen LogP contribution < -0.4 is 0 Å². The number of rotatable bonds is 8. The summed E-state index contributed by atoms with van der Waals surface area (Å²) < 4.78 is 5.39. The monoisotopic (exact) mass is 372 g/mol. The van der Waals surface area contributed by atoms with Crippen LogP contribution in [0.1, 0.15) is 80.6 Å². The minimum atomic E-state index is -0.189. The maximum absolute atomic E-state index is 12.2. The second kappa shape index (κ2) is 10.8. The van der Waals surface area contributed by atoms with E-state index in [0.717, 1.165) is 19.4 Å². The highest BCUT2D eigenvalue weighted by Crippen LogP contribution is 2.25. The Morgan fingerprint density at radius 3 is 2.63 bits per heavy atom. The fraction of sp³-hybridized carbons (Fsp3) is 0.696. The summed E-state index contributed by atoms with van der Waals surface area (Å²) >= 11 is 0. The molecular weight excluding hydrogens is 336 g/mol. The molecule has 0 bridgehead atoms. The summed E-state index contributed by atoms with van der Waals surface area (Å²) in [6.07, 6.45) is 11.7. The molecule has 1 atom stereocenters. The molecule has 2 heterocycles. The second-order valence-corrected chi connectivity index (χ2v) is 8.08. The molecule has 4 heteroatoms. The van der Waals surface area contributed by atoms with E-state index in [1.165, 1.54) is 70.1 Å². The van der Waals surface area contributed by atoms with Gasteiger partial charge >= 0.3 is 5.97 Å². The molecule has 0 N–H and O–H groups in total. The minimum absolute atomic E-state index is 0.189. The lowest BCUT2D eigenvalue weighted by molar-refractivity contribution is -0.000352. The van der Waals surface area contributed by atoms with Crippen molar-refractivity contribution in [2.75, 3.05) is 26.2 Å². The molecule has 27 heavy (non-hydrogen) atoms. The number of fused-ring (bicyclic) bond motifs is 1. The third-order valence-electron chi connectivity index (χ3n) is 5.95. The molecule has 4 nitrogen and oxygen atoms in total. The van der Waals surface area contributed by atoms with E-state index in [1.54, 1.807) is 0 Å². The Morgan fingerprint density at radius 2 is 1.81 bits per heavy atom. The van der Waals surface area contributed by atoms with Crippen LogP contribution in [0.2, 0.25) is 0 Å². The van der Waals surface area contributed by atoms with E-state index in [-0.39, 0.29) is 5.97 Å². The van der Waals surface area contributed by atoms with Crippen molar-refractivity contribution in [3.05, 3.63) is 35.4 Å². The maximum atomic E-state index is 12.2. The first-order valence-electron chi connectivity index (χ1n) is 11.0. The number of esters is 1. The Bertz CT molecular complexity index is 572. The fourth-order valence-electron chi connectivity index (χ4n) is 4.39. The first-order chi connectivity index (χ1) is 13.3. The van der Waals surface area contributed by atoms with E-state index < -0.39 is 0 Å². The predicted molar refractivity (Wildman–Crippen MR) is 110 cm³/mol. The van der Waals surface area contributed by atoms with Crippen molar-refractivity contribution in [2.24, 2.45) is 0 Å². The number of hydrogen-bond acceptors (Lipinski definition) is 4. The number of unbranched alkanes of at least 4 members (excludes halogenated alkanes) is 3. The molecule has 0 saturated carbocycles. The molecule has 0 spiro atoms. The van der Waals surface area contributed by atoms with E-state index in [1.807, 2.05) is 12.1 Å². The molecule has 0 aliphatic carbocycles. The molecule has 0 radical (unpaired) electrons. The van der Waals surface area contributed by atoms with Crippen LogP contribution in [0.25, 0.3) is 0 Å². The third-order valence-corrected chi connectivity index (χ3v) is 5.95. The molecule has 2 aliphatic rings. The van der Waals surface area contributed by atoms with Crippen LogP contribution in [0.15, 0.2) is 24.3 Å². The van der Waals surface area contributed by atoms with Gasteiger partial charge in [-0.1, -0.05) is 51.2 Å². The first kappa shape index (κ1) is 20.3. The zero-order valence-corrected chi connectivity index (χ0v) is 17.0. The van der Waals surface area contributed by atoms with Crippen molar-refractivity contribution < 1.29 is 9.53 Å². The smallest absolute Gasteiger partial charge is 0.338 e. The average molecular weight is 373 g/mol. The van der Waals surface area contributed by atoms with Crippen LogP contribution in [0.4, 0.5) is 0 Å². The number of carbonyl (C=O) groups excluding carboxylic acids is 1. The van der Waals surface area contributed by atoms with Gasteiger partial charge in [0.15, 0.2) is 0 Å². The minimum Gasteiger partial charge on any atom is -0.462 e. The van der Waals surface area contributed by atoms with Crippen LogP contribution in [0.5, 0.6) is 0 Å². The van der Waals surface area contributed by atoms with Gasteiger partial charge in [0.05, 0.1) is 18.3 Å². The van der Waals surface area contributed by atoms with Gasteiger partial charge in [-0.25, -0.2) is 4.79 Å². The number of hydrogen-bond donors (Lipinski definition) is 0. The zero-order valence-electron chi connectivity index (χ0n) is 17.0. The van der Waals surface area contributed by atoms with Gasteiger partial charge in [-0.2, -0.15) is 0 Å². The molecule has 3 rings (SSSR count). The van der Waals surface area contributed by atoms with Crippen LogP contribution in [-0.4, -0.2) is 48.2 Å². The van der Waals surface area contributed by atoms with Gasteiger partial charge < -0.3 is 4.74 Å². The summed E-state index contributed by atoms with van der Waals surface area (Å²) in [5.41, 5.74) is 1.96. The zero-order chi connectivity index (χ0) is 18.9. The molecule has 1 aromatic carbocycles. The van der Waals surface area contributed by atoms with Gasteiger partial charge in [0.1, 0.15) is 0 Å². The maximum Gasteiger partial charge on any atom is 0.338 e. The van der Waals surface area contributed by atoms with Crippen molar-refractivity contribution in [3.63, 3.8) is 0 Å². The van der Waals surface area contributed by atoms with Gasteiger partial charge in [-0.15, -0.1) is 0 Å². The molecule has 0 aromatic heterocycles. The molecule has 0 amide bonds. The van der Waals surface area contributed by atoms with Crippen LogP contribution in [0.3, 0.4) is 0 Å². The number of ether oxygens (including phenoxy) is 1. The summed E-state index contributed by atoms with van der Waals surface area (Å²) in [6.45, 7) is 7.39. The van der Waals surface area contributed by atoms with Crippen LogP contribution in [0, 0.1) is 0 Å². The molecular formula is C23H36N2O2. The van der Waals surface area contributed by atoms with Crippen molar-refractivity contribution in [1.82, 2.24) is 9.80 Å². The summed E-state index contributed by atoms with van der Waals surface area (Å²) in [5, 5.41) is 0. The molecule has 150 valence electrons. The lowest BCUT2D eigenvalue weighted by Gasteiger charge is -2.43. The first-order valence-corrected chi connectivity index (χ1v) is 11.0. The van der Waals surface area contributed by atoms with Gasteiger partial charge in [0.2, 0.25) is 0 Å². The van der Waals surface area contributed by atoms with E-state index in [0.29, 0.717) is 18.3 Å². The summed E-state index contributed by atoms with van der Waals surface area (Å²) in [6, 6.07) is 8.06. The Hall–Kier alpha value is -1.39. The molecule has 2 saturated heterocycles. The van der Waals surface area contributed by atoms with Crippen LogP contribution >= 0.6 is 0 Å². The summed E-state index contributed by atoms with van der Waals surface area (Å²) in [7, 11) is 0. The molecule has 2 fully saturated rings. The van der Waals surface area contributed by atoms with Crippen molar-refractivity contribution in [2.45, 2.75) is 77.4 Å². The molecule has 1 unspecified atom stereocenters. The highest BCUT2D eigenvalue weighted by molar-refractivity contribution is 5.89. The Balaban J connectivity index is 1.50. The standard InChI is InChI=1S/C23H36N2O2/c1-2-3-4-8-18-27-23(26)21-13-11-20(12-14-21)19-25-17-9-16-24-15-7-5-6-10-22(24)25/h11-14,22H,2-10,15-19H2,1H3. The topological polar surface area (TPSA) is 32.8 Å². The fourth-order valence-corrected chi connectivity index (χ4v) is 4.39. The van der Waals surface area contributed by atoms with Crippen molar-refractivity contribution in [1.29, 1.82) is 0 Å². The molecule has 1 aromatic rings. The van der Waals surface area contributed by atoms with Crippen molar-refractivity contribution in [3.8, 4) is 0 Å². The average Bonchev–Trinajstić information content (AvgIpc) is 2.94. The normalized spacial score (nSPS) is 21.4. The Labute approximate surface area is 164 Å². The largest absolute Gasteiger partial charge is 0.462 e. The number of nitrogens with zero attached hydrogens (tertiary/aromatic N) is 2. The van der Waals surface area contributed by atoms with Crippen molar-refractivity contribution >= 4 is 5.97 Å². The Kier molecular flexibility index (Phi) is 8.15. The van der Waals surface area contributed by atoms with E-state index >= 15 is 0 Å². The highest BCUT2D eigenvalue weighted by atomic mass is 16.5. The van der Waals surface area contributed by atoms with E-state index in [9.17, 15) is 4.79 Å². The lowest BCUT2D eigenvalue weighted by Crippen LogP contribution is -2.52. The highest BCUT2D eigenvalue weighted by Gasteiger charge is 2.29. The van der Waals surface area contributed by atoms with E-state index in [4.69, 9.17) is 4.74 Å². The summed E-state index contributed by atoms with van der Waals surface area (Å²) in [4.78, 5) is 17.5. The summed E-state index contributed by atoms with van der Waals surface area (Å²) in [5.74, 6) is -0.189. The van der Waals surface area contributed by atoms with Gasteiger partial charge in [0, 0.05) is 19.6 Å². The number of benzene rings is 1. The van der Waals surface area contributed by atoms with Gasteiger partial charge in [-0.3, -0.25) is 9.80 Å². The third kappa shape index (κ3) is 6.05. The second-order valence-electron chi connectivity index (χ2n) is 8.08. The Morgan fingerprint density at radius 1 is 1.00 bits per heavy atom. The van der Waals surface area contributed by atoms with Crippen LogP contribution in [-0.2, 0) is 11.3 Å². The van der Waals surface area contributed by atoms with Gasteiger partial charge in [0.25, 0.3) is 0 Å².